The molecule has 506 valence electrons. The number of nitrogens with zero attached hydrogens (tertiary/aromatic N) is 1. The molecule has 0 fully saturated rings. The highest BCUT2D eigenvalue weighted by Gasteiger charge is 2.22. The number of ether oxygens (including phenoxy) is 2. The Kier molecular flexibility index (Phi) is 65.0. The zero-order chi connectivity index (χ0) is 64.1. The molecule has 0 aromatic rings. The fraction of sp³-hybridized carbons (Fsp3) is 0.718. The second-order valence-corrected chi connectivity index (χ2v) is 26.6. The van der Waals surface area contributed by atoms with Crippen LogP contribution in [0.15, 0.2) is 122 Å². The average Bonchev–Trinajstić information content (AvgIpc) is 3.68. The maximum Gasteiger partial charge on any atom is 0.306 e. The van der Waals surface area contributed by atoms with Crippen molar-refractivity contribution in [1.29, 1.82) is 0 Å². The van der Waals surface area contributed by atoms with Gasteiger partial charge < -0.3 is 27.9 Å². The normalized spacial score (nSPS) is 13.8. The summed E-state index contributed by atoms with van der Waals surface area (Å²) in [6.45, 7) is 4.00. The Hall–Kier alpha value is -3.59. The Morgan fingerprint density at radius 3 is 0.909 bits per heavy atom. The van der Waals surface area contributed by atoms with Crippen LogP contribution in [-0.4, -0.2) is 70.0 Å². The van der Waals surface area contributed by atoms with Crippen LogP contribution in [0.4, 0.5) is 0 Å². The summed E-state index contributed by atoms with van der Waals surface area (Å²) >= 11 is 0. The first-order chi connectivity index (χ1) is 43.0. The lowest BCUT2D eigenvalue weighted by atomic mass is 10.0. The fourth-order valence-corrected chi connectivity index (χ4v) is 10.7. The van der Waals surface area contributed by atoms with Crippen molar-refractivity contribution in [3.05, 3.63) is 122 Å². The standard InChI is InChI=1S/C78H136NO8P/c1-6-8-10-12-14-16-18-20-22-24-26-28-30-31-32-33-34-35-36-37-38-39-40-41-42-43-44-45-46-47-49-50-52-54-56-58-60-62-64-66-68-70-77(80)84-74-76(75-86-88(82,83)85-73-72-79(3,4)5)87-78(81)71-69-67-65-63-61-59-57-55-53-51-48-29-27-25-23-21-19-17-15-13-11-9-7-2/h8-11,14-17,20-23,26-29,51,53,57,59,76H,6-7,12-13,18-19,24-25,30-50,52,54-56,58,60-75H2,1-5H3/b10-8-,11-9-,16-14-,17-15-,22-20-,23-21-,28-26-,29-27-,53-51-,59-57-. The minimum absolute atomic E-state index is 0.0401. The Balaban J connectivity index is 3.95. The molecule has 0 saturated heterocycles. The van der Waals surface area contributed by atoms with E-state index in [0.717, 1.165) is 109 Å². The van der Waals surface area contributed by atoms with Crippen LogP contribution >= 0.6 is 7.82 Å². The average molecular weight is 1250 g/mol. The van der Waals surface area contributed by atoms with Crippen molar-refractivity contribution in [3.8, 4) is 0 Å². The van der Waals surface area contributed by atoms with Gasteiger partial charge in [-0.15, -0.1) is 0 Å². The molecule has 0 spiro atoms. The van der Waals surface area contributed by atoms with Crippen LogP contribution < -0.4 is 4.89 Å². The van der Waals surface area contributed by atoms with Gasteiger partial charge >= 0.3 is 11.9 Å². The number of hydrogen-bond acceptors (Lipinski definition) is 8. The van der Waals surface area contributed by atoms with Gasteiger partial charge in [0.2, 0.25) is 0 Å². The molecule has 0 heterocycles. The number of carbonyl (C=O) groups excluding carboxylic acids is 2. The first-order valence-corrected chi connectivity index (χ1v) is 37.7. The van der Waals surface area contributed by atoms with Crippen molar-refractivity contribution in [2.24, 2.45) is 0 Å². The molecule has 0 rings (SSSR count). The van der Waals surface area contributed by atoms with Gasteiger partial charge in [-0.2, -0.15) is 0 Å². The topological polar surface area (TPSA) is 111 Å². The third-order valence-electron chi connectivity index (χ3n) is 15.5. The summed E-state index contributed by atoms with van der Waals surface area (Å²) in [6.07, 6.45) is 97.4. The van der Waals surface area contributed by atoms with E-state index in [0.29, 0.717) is 17.4 Å². The fourth-order valence-electron chi connectivity index (χ4n) is 10.0. The zero-order valence-electron chi connectivity index (χ0n) is 57.6. The van der Waals surface area contributed by atoms with Gasteiger partial charge in [-0.05, 0) is 103 Å². The molecule has 2 unspecified atom stereocenters. The van der Waals surface area contributed by atoms with Gasteiger partial charge in [-0.1, -0.05) is 315 Å². The largest absolute Gasteiger partial charge is 0.756 e. The quantitative estimate of drug-likeness (QED) is 0.0195. The molecular weight excluding hydrogens is 1110 g/mol. The number of quaternary nitrogens is 1. The minimum Gasteiger partial charge on any atom is -0.756 e. The van der Waals surface area contributed by atoms with E-state index in [2.05, 4.69) is 135 Å². The maximum absolute atomic E-state index is 12.8. The van der Waals surface area contributed by atoms with Crippen molar-refractivity contribution in [2.45, 2.75) is 315 Å². The van der Waals surface area contributed by atoms with Crippen LogP contribution in [0, 0.1) is 0 Å². The maximum atomic E-state index is 12.8. The van der Waals surface area contributed by atoms with E-state index in [9.17, 15) is 19.0 Å². The van der Waals surface area contributed by atoms with Gasteiger partial charge in [0.1, 0.15) is 19.8 Å². The summed E-state index contributed by atoms with van der Waals surface area (Å²) in [5.74, 6) is -0.857. The molecule has 0 aromatic heterocycles. The number of hydrogen-bond donors (Lipinski definition) is 0. The Morgan fingerprint density at radius 2 is 0.614 bits per heavy atom. The summed E-state index contributed by atoms with van der Waals surface area (Å²) < 4.78 is 34.3. The van der Waals surface area contributed by atoms with Gasteiger partial charge in [0, 0.05) is 12.8 Å². The van der Waals surface area contributed by atoms with E-state index in [1.54, 1.807) is 0 Å². The molecule has 0 aromatic carbocycles. The third kappa shape index (κ3) is 71.5. The van der Waals surface area contributed by atoms with Crippen LogP contribution in [0.5, 0.6) is 0 Å². The summed E-state index contributed by atoms with van der Waals surface area (Å²) in [5, 5.41) is 0. The third-order valence-corrected chi connectivity index (χ3v) is 16.4. The zero-order valence-corrected chi connectivity index (χ0v) is 58.5. The van der Waals surface area contributed by atoms with Crippen LogP contribution in [0.3, 0.4) is 0 Å². The van der Waals surface area contributed by atoms with Crippen LogP contribution in [0.25, 0.3) is 0 Å². The van der Waals surface area contributed by atoms with E-state index in [1.165, 1.54) is 167 Å². The predicted octanol–water partition coefficient (Wildman–Crippen LogP) is 23.2. The van der Waals surface area contributed by atoms with Crippen molar-refractivity contribution in [1.82, 2.24) is 0 Å². The molecule has 9 nitrogen and oxygen atoms in total. The lowest BCUT2D eigenvalue weighted by Gasteiger charge is -2.28. The van der Waals surface area contributed by atoms with Crippen LogP contribution in [-0.2, 0) is 32.7 Å². The minimum atomic E-state index is -4.65. The van der Waals surface area contributed by atoms with E-state index in [-0.39, 0.29) is 32.0 Å². The molecule has 0 saturated carbocycles. The van der Waals surface area contributed by atoms with Gasteiger partial charge in [-0.3, -0.25) is 14.2 Å². The summed E-state index contributed by atoms with van der Waals surface area (Å²) in [6, 6.07) is 0. The number of unbranched alkanes of at least 4 members (excludes halogenated alkanes) is 32. The van der Waals surface area contributed by atoms with Gasteiger partial charge in [0.05, 0.1) is 27.7 Å². The number of phosphoric acid groups is 1. The predicted molar refractivity (Wildman–Crippen MR) is 378 cm³/mol. The Morgan fingerprint density at radius 1 is 0.352 bits per heavy atom. The van der Waals surface area contributed by atoms with E-state index < -0.39 is 26.5 Å². The number of rotatable bonds is 66. The lowest BCUT2D eigenvalue weighted by molar-refractivity contribution is -0.870. The number of carbonyl (C=O) groups is 2. The molecule has 0 N–H and O–H groups in total. The highest BCUT2D eigenvalue weighted by atomic mass is 31.2. The van der Waals surface area contributed by atoms with Crippen molar-refractivity contribution < 1.29 is 42.1 Å². The monoisotopic (exact) mass is 1250 g/mol. The first-order valence-electron chi connectivity index (χ1n) is 36.2. The lowest BCUT2D eigenvalue weighted by Crippen LogP contribution is -2.37. The second-order valence-electron chi connectivity index (χ2n) is 25.2. The van der Waals surface area contributed by atoms with Crippen LogP contribution in [0.2, 0.25) is 0 Å². The van der Waals surface area contributed by atoms with E-state index >= 15 is 0 Å². The molecule has 0 amide bonds. The molecule has 0 bridgehead atoms. The van der Waals surface area contributed by atoms with Crippen molar-refractivity contribution in [3.63, 3.8) is 0 Å². The molecule has 0 aliphatic rings. The first kappa shape index (κ1) is 84.4. The molecule has 0 radical (unpaired) electrons. The second kappa shape index (κ2) is 67.8. The molecule has 88 heavy (non-hydrogen) atoms. The van der Waals surface area contributed by atoms with Gasteiger partial charge in [-0.25, -0.2) is 0 Å². The molecular formula is C78H136NO8P. The van der Waals surface area contributed by atoms with Crippen molar-refractivity contribution >= 4 is 19.8 Å². The van der Waals surface area contributed by atoms with Crippen molar-refractivity contribution in [2.75, 3.05) is 47.5 Å². The summed E-state index contributed by atoms with van der Waals surface area (Å²) in [4.78, 5) is 38.0. The van der Waals surface area contributed by atoms with Gasteiger partial charge in [0.15, 0.2) is 6.10 Å². The van der Waals surface area contributed by atoms with Crippen LogP contribution in [0.1, 0.15) is 309 Å². The molecule has 10 heteroatoms. The number of allylic oxidation sites excluding steroid dienone is 20. The summed E-state index contributed by atoms with van der Waals surface area (Å²) in [7, 11) is 1.14. The highest BCUT2D eigenvalue weighted by molar-refractivity contribution is 7.45. The Bertz CT molecular complexity index is 1900. The van der Waals surface area contributed by atoms with E-state index in [4.69, 9.17) is 18.5 Å². The highest BCUT2D eigenvalue weighted by Crippen LogP contribution is 2.38. The number of esters is 2. The Labute approximate surface area is 543 Å². The van der Waals surface area contributed by atoms with Gasteiger partial charge in [0.25, 0.3) is 7.82 Å². The molecule has 2 atom stereocenters. The molecule has 0 aliphatic heterocycles. The smallest absolute Gasteiger partial charge is 0.306 e. The number of phosphoric ester groups is 1. The molecule has 0 aliphatic carbocycles. The SMILES string of the molecule is CC/C=C\C/C=C\C/C=C\C/C=C\C/C=C\C/C=C\CCCCCCC(=O)OC(COC(=O)CCCCCCCCCCCCCCCCCCCCCCCCCCCCCC/C=C\C/C=C\C/C=C\C/C=C\CC)COP(=O)([O-])OCC[N+](C)(C)C. The van der Waals surface area contributed by atoms with E-state index in [1.807, 2.05) is 21.1 Å². The number of likely N-dealkylation sites (N-methyl/N-ethyl adjacent to an activating group) is 1. The summed E-state index contributed by atoms with van der Waals surface area (Å²) in [5.41, 5.74) is 0.